The first kappa shape index (κ1) is 30.2. The number of rotatable bonds is 7. The van der Waals surface area contributed by atoms with Crippen molar-refractivity contribution in [3.63, 3.8) is 0 Å². The fourth-order valence-corrected chi connectivity index (χ4v) is 6.01. The highest BCUT2D eigenvalue weighted by Crippen LogP contribution is 2.38. The van der Waals surface area contributed by atoms with E-state index in [9.17, 15) is 28.9 Å². The number of benzene rings is 2. The van der Waals surface area contributed by atoms with Gasteiger partial charge in [-0.05, 0) is 59.1 Å². The van der Waals surface area contributed by atoms with Crippen LogP contribution in [0.4, 0.5) is 14.5 Å². The van der Waals surface area contributed by atoms with E-state index < -0.39 is 66.8 Å². The lowest BCUT2D eigenvalue weighted by molar-refractivity contribution is -0.211. The van der Waals surface area contributed by atoms with Crippen molar-refractivity contribution in [2.45, 2.75) is 55.4 Å². The smallest absolute Gasteiger partial charge is 0.259 e. The van der Waals surface area contributed by atoms with Crippen molar-refractivity contribution in [1.82, 2.24) is 15.0 Å². The van der Waals surface area contributed by atoms with Gasteiger partial charge < -0.3 is 29.7 Å². The number of nitrogens with zero attached hydrogens (tertiary/aromatic N) is 4. The van der Waals surface area contributed by atoms with Crippen molar-refractivity contribution in [3.05, 3.63) is 62.7 Å². The third kappa shape index (κ3) is 5.62. The number of aliphatic hydroxyl groups is 3. The van der Waals surface area contributed by atoms with Gasteiger partial charge in [0.1, 0.15) is 30.0 Å². The Hall–Kier alpha value is -2.23. The average Bonchev–Trinajstić information content (AvgIpc) is 3.41. The molecule has 0 spiro atoms. The van der Waals surface area contributed by atoms with Crippen LogP contribution < -0.4 is 4.90 Å². The lowest BCUT2D eigenvalue weighted by atomic mass is 9.85. The zero-order valence-corrected chi connectivity index (χ0v) is 24.5. The number of carbonyl (C=O) groups excluding carboxylic acids is 1. The Morgan fingerprint density at radius 1 is 1.20 bits per heavy atom. The molecule has 3 N–H and O–H groups in total. The van der Waals surface area contributed by atoms with Gasteiger partial charge in [0.15, 0.2) is 17.7 Å². The van der Waals surface area contributed by atoms with E-state index in [1.165, 1.54) is 48.5 Å². The number of ether oxygens (including phenoxy) is 2. The van der Waals surface area contributed by atoms with E-state index in [1.807, 2.05) is 0 Å². The minimum atomic E-state index is -1.45. The molecule has 220 valence electrons. The third-order valence-electron chi connectivity index (χ3n) is 7.41. The van der Waals surface area contributed by atoms with Crippen LogP contribution in [-0.2, 0) is 14.3 Å². The summed E-state index contributed by atoms with van der Waals surface area (Å²) in [5, 5.41) is 40.1. The summed E-state index contributed by atoms with van der Waals surface area (Å²) in [7, 11) is 1.30. The van der Waals surface area contributed by atoms with Gasteiger partial charge in [-0.1, -0.05) is 28.4 Å². The molecule has 1 aliphatic carbocycles. The molecule has 10 nitrogen and oxygen atoms in total. The summed E-state index contributed by atoms with van der Waals surface area (Å²) < 4.78 is 41.5. The van der Waals surface area contributed by atoms with Crippen molar-refractivity contribution < 1.29 is 38.4 Å². The molecular weight excluding hydrogens is 653 g/mol. The molecule has 1 aromatic heterocycles. The van der Waals surface area contributed by atoms with Crippen LogP contribution in [0.2, 0.25) is 10.0 Å². The molecule has 1 saturated carbocycles. The van der Waals surface area contributed by atoms with Crippen LogP contribution in [0.25, 0.3) is 11.3 Å². The van der Waals surface area contributed by atoms with Gasteiger partial charge in [0.2, 0.25) is 0 Å². The van der Waals surface area contributed by atoms with Gasteiger partial charge in [0.25, 0.3) is 5.91 Å². The highest BCUT2D eigenvalue weighted by molar-refractivity contribution is 9.10. The number of aliphatic hydroxyl groups excluding tert-OH is 3. The molecule has 0 unspecified atom stereocenters. The predicted octanol–water partition coefficient (Wildman–Crippen LogP) is 3.53. The number of amides is 1. The predicted molar refractivity (Wildman–Crippen MR) is 148 cm³/mol. The van der Waals surface area contributed by atoms with Crippen molar-refractivity contribution >= 4 is 50.7 Å². The number of halogens is 5. The summed E-state index contributed by atoms with van der Waals surface area (Å²) in [6, 6.07) is 5.39. The van der Waals surface area contributed by atoms with Crippen molar-refractivity contribution in [2.24, 2.45) is 0 Å². The fraction of sp³-hybridized carbons (Fsp3) is 0.423. The molecular formula is C26H25BrCl2F2N4O6. The number of methoxy groups -OCH3 is 1. The van der Waals surface area contributed by atoms with E-state index >= 15 is 0 Å². The van der Waals surface area contributed by atoms with E-state index in [4.69, 9.17) is 32.7 Å². The largest absolute Gasteiger partial charge is 0.394 e. The molecule has 2 fully saturated rings. The Labute approximate surface area is 251 Å². The molecule has 2 aromatic carbocycles. The van der Waals surface area contributed by atoms with Crippen LogP contribution in [0.15, 0.2) is 41.0 Å². The molecule has 2 heterocycles. The maximum atomic E-state index is 14.7. The first-order chi connectivity index (χ1) is 19.5. The topological polar surface area (TPSA) is 130 Å². The van der Waals surface area contributed by atoms with Crippen LogP contribution in [-0.4, -0.2) is 86.5 Å². The van der Waals surface area contributed by atoms with Crippen LogP contribution >= 0.6 is 39.1 Å². The van der Waals surface area contributed by atoms with E-state index in [-0.39, 0.29) is 25.8 Å². The SMILES string of the molecule is CO[C@@H]1[C@@H](n2cc(-c3ccc(Br)c(F)c3F)nn2)[C@@H](O)[C@@H](CO)O[C@H]1C(=O)N(c1cc(Cl)cc(Cl)c1)[C@@H]1CC[C@H]1O. The van der Waals surface area contributed by atoms with Crippen molar-refractivity contribution in [1.29, 1.82) is 0 Å². The molecule has 41 heavy (non-hydrogen) atoms. The minimum Gasteiger partial charge on any atom is -0.394 e. The standard InChI is InChI=1S/C26H25BrCl2F2N4O6/c1-40-24-22(34-9-16(32-33-34)14-2-3-15(27)21(31)20(14)30)23(38)19(10-36)41-25(24)26(39)35(17-4-5-18(17)37)13-7-11(28)6-12(29)8-13/h2-3,6-9,17-19,22-25,36-38H,4-5,10H2,1H3/t17-,18-,19-,22+,23+,24-,25-/m1/s1. The Balaban J connectivity index is 1.54. The van der Waals surface area contributed by atoms with Crippen LogP contribution in [0.5, 0.6) is 0 Å². The monoisotopic (exact) mass is 676 g/mol. The van der Waals surface area contributed by atoms with E-state index in [0.29, 0.717) is 18.5 Å². The molecule has 1 aliphatic heterocycles. The van der Waals surface area contributed by atoms with Gasteiger partial charge in [-0.2, -0.15) is 0 Å². The van der Waals surface area contributed by atoms with E-state index in [2.05, 4.69) is 26.2 Å². The Bertz CT molecular complexity index is 1430. The maximum Gasteiger partial charge on any atom is 0.259 e. The molecule has 15 heteroatoms. The number of aromatic nitrogens is 3. The van der Waals surface area contributed by atoms with Crippen LogP contribution in [0, 0.1) is 11.6 Å². The molecule has 1 amide bonds. The minimum absolute atomic E-state index is 0.0429. The fourth-order valence-electron chi connectivity index (χ4n) is 5.19. The highest BCUT2D eigenvalue weighted by Gasteiger charge is 2.52. The van der Waals surface area contributed by atoms with Gasteiger partial charge in [0, 0.05) is 28.4 Å². The molecule has 0 radical (unpaired) electrons. The number of carbonyl (C=O) groups is 1. The Kier molecular flexibility index (Phi) is 8.98. The summed E-state index contributed by atoms with van der Waals surface area (Å²) in [4.78, 5) is 15.5. The summed E-state index contributed by atoms with van der Waals surface area (Å²) in [6.45, 7) is -0.666. The number of anilines is 1. The quantitative estimate of drug-likeness (QED) is 0.324. The van der Waals surface area contributed by atoms with E-state index in [0.717, 1.165) is 4.68 Å². The number of hydrogen-bond donors (Lipinski definition) is 3. The molecule has 7 atom stereocenters. The summed E-state index contributed by atoms with van der Waals surface area (Å²) in [6.07, 6.45) is -3.91. The normalized spacial score (nSPS) is 27.9. The van der Waals surface area contributed by atoms with Gasteiger partial charge in [-0.25, -0.2) is 13.5 Å². The van der Waals surface area contributed by atoms with Gasteiger partial charge >= 0.3 is 0 Å². The average molecular weight is 678 g/mol. The Morgan fingerprint density at radius 2 is 1.90 bits per heavy atom. The molecule has 2 aliphatic rings. The first-order valence-electron chi connectivity index (χ1n) is 12.6. The van der Waals surface area contributed by atoms with Gasteiger partial charge in [0.05, 0.1) is 29.4 Å². The van der Waals surface area contributed by atoms with Crippen molar-refractivity contribution in [3.8, 4) is 11.3 Å². The lowest BCUT2D eigenvalue weighted by Crippen LogP contribution is -2.64. The second kappa shape index (κ2) is 12.2. The molecule has 3 aromatic rings. The summed E-state index contributed by atoms with van der Waals surface area (Å²) in [5.41, 5.74) is 0.0918. The van der Waals surface area contributed by atoms with Crippen LogP contribution in [0.1, 0.15) is 18.9 Å². The zero-order chi connectivity index (χ0) is 29.6. The molecule has 1 saturated heterocycles. The Morgan fingerprint density at radius 3 is 2.49 bits per heavy atom. The van der Waals surface area contributed by atoms with Crippen molar-refractivity contribution in [2.75, 3.05) is 18.6 Å². The summed E-state index contributed by atoms with van der Waals surface area (Å²) >= 11 is 15.4. The molecule has 5 rings (SSSR count). The third-order valence-corrected chi connectivity index (χ3v) is 8.46. The second-order valence-corrected chi connectivity index (χ2v) is 11.5. The maximum absolute atomic E-state index is 14.7. The second-order valence-electron chi connectivity index (χ2n) is 9.81. The highest BCUT2D eigenvalue weighted by atomic mass is 79.9. The number of hydrogen-bond acceptors (Lipinski definition) is 8. The lowest BCUT2D eigenvalue weighted by Gasteiger charge is -2.47. The van der Waals surface area contributed by atoms with Gasteiger partial charge in [-0.3, -0.25) is 4.79 Å². The summed E-state index contributed by atoms with van der Waals surface area (Å²) in [5.74, 6) is -2.91. The zero-order valence-electron chi connectivity index (χ0n) is 21.4. The molecule has 0 bridgehead atoms. The van der Waals surface area contributed by atoms with Gasteiger partial charge in [-0.15, -0.1) is 5.10 Å². The van der Waals surface area contributed by atoms with Crippen LogP contribution in [0.3, 0.4) is 0 Å². The van der Waals surface area contributed by atoms with E-state index in [1.54, 1.807) is 0 Å². The first-order valence-corrected chi connectivity index (χ1v) is 14.1.